The van der Waals surface area contributed by atoms with Gasteiger partial charge in [0.1, 0.15) is 17.5 Å². The molecule has 5 rings (SSSR count). The topological polar surface area (TPSA) is 117 Å². The van der Waals surface area contributed by atoms with Crippen molar-refractivity contribution in [3.05, 3.63) is 59.3 Å². The maximum atomic E-state index is 11.8. The molecule has 2 unspecified atom stereocenters. The number of carbonyl (C=O) groups excluding carboxylic acids is 1. The van der Waals surface area contributed by atoms with E-state index in [9.17, 15) is 4.79 Å². The summed E-state index contributed by atoms with van der Waals surface area (Å²) in [7, 11) is 2.03. The summed E-state index contributed by atoms with van der Waals surface area (Å²) in [4.78, 5) is 29.7. The number of para-hydroxylation sites is 2. The minimum Gasteiger partial charge on any atom is -0.363 e. The van der Waals surface area contributed by atoms with E-state index in [-0.39, 0.29) is 17.7 Å². The molecule has 2 atom stereocenters. The van der Waals surface area contributed by atoms with Crippen LogP contribution < -0.4 is 5.73 Å². The molecule has 0 saturated heterocycles. The van der Waals surface area contributed by atoms with Gasteiger partial charge in [0.05, 0.1) is 16.7 Å². The number of nitrogens with zero attached hydrogens (tertiary/aromatic N) is 7. The normalized spacial score (nSPS) is 18.3. The fourth-order valence-electron chi connectivity index (χ4n) is 3.90. The van der Waals surface area contributed by atoms with Crippen LogP contribution in [0.3, 0.4) is 0 Å². The minimum absolute atomic E-state index is 0.0132. The van der Waals surface area contributed by atoms with Gasteiger partial charge in [0.2, 0.25) is 5.82 Å². The van der Waals surface area contributed by atoms with E-state index in [0.717, 1.165) is 29.0 Å². The average Bonchev–Trinajstić information content (AvgIpc) is 3.33. The molecule has 0 radical (unpaired) electrons. The summed E-state index contributed by atoms with van der Waals surface area (Å²) in [6.07, 6.45) is 0.904. The molecular weight excluding hydrogens is 368 g/mol. The van der Waals surface area contributed by atoms with Gasteiger partial charge in [0, 0.05) is 24.9 Å². The molecule has 29 heavy (non-hydrogen) atoms. The van der Waals surface area contributed by atoms with Gasteiger partial charge in [-0.1, -0.05) is 12.1 Å². The first-order valence-corrected chi connectivity index (χ1v) is 9.43. The third-order valence-electron chi connectivity index (χ3n) is 5.37. The summed E-state index contributed by atoms with van der Waals surface area (Å²) in [6.45, 7) is 3.65. The average molecular weight is 388 g/mol. The van der Waals surface area contributed by atoms with Gasteiger partial charge < -0.3 is 10.3 Å². The third kappa shape index (κ3) is 2.86. The summed E-state index contributed by atoms with van der Waals surface area (Å²) in [5.74, 6) is 2.54. The Morgan fingerprint density at radius 2 is 1.90 bits per heavy atom. The Labute approximate surface area is 166 Å². The molecular formula is C20H20N8O. The van der Waals surface area contributed by atoms with Gasteiger partial charge in [-0.25, -0.2) is 19.9 Å². The summed E-state index contributed by atoms with van der Waals surface area (Å²) >= 11 is 0. The predicted octanol–water partition coefficient (Wildman–Crippen LogP) is 1.93. The van der Waals surface area contributed by atoms with Crippen LogP contribution in [-0.4, -0.2) is 40.2 Å². The highest BCUT2D eigenvalue weighted by atomic mass is 16.1. The van der Waals surface area contributed by atoms with Crippen molar-refractivity contribution in [2.24, 2.45) is 12.8 Å². The highest BCUT2D eigenvalue weighted by Crippen LogP contribution is 2.54. The number of hydrogen-bond acceptors (Lipinski definition) is 6. The van der Waals surface area contributed by atoms with Crippen molar-refractivity contribution in [2.45, 2.75) is 32.1 Å². The van der Waals surface area contributed by atoms with E-state index in [1.165, 1.54) is 0 Å². The number of rotatable bonds is 4. The number of imidazole rings is 1. The van der Waals surface area contributed by atoms with Gasteiger partial charge >= 0.3 is 0 Å². The number of aryl methyl sites for hydroxylation is 3. The largest absolute Gasteiger partial charge is 0.363 e. The van der Waals surface area contributed by atoms with Crippen molar-refractivity contribution < 1.29 is 4.79 Å². The molecule has 146 valence electrons. The van der Waals surface area contributed by atoms with Crippen LogP contribution in [-0.2, 0) is 7.05 Å². The molecule has 3 heterocycles. The third-order valence-corrected chi connectivity index (χ3v) is 5.37. The zero-order valence-electron chi connectivity index (χ0n) is 16.4. The Morgan fingerprint density at radius 1 is 1.10 bits per heavy atom. The summed E-state index contributed by atoms with van der Waals surface area (Å²) in [5, 5.41) is 4.37. The molecule has 9 heteroatoms. The van der Waals surface area contributed by atoms with Gasteiger partial charge in [-0.3, -0.25) is 4.79 Å². The molecule has 1 fully saturated rings. The molecule has 4 aromatic rings. The number of aromatic nitrogens is 7. The highest BCUT2D eigenvalue weighted by Gasteiger charge is 2.44. The first kappa shape index (κ1) is 17.5. The van der Waals surface area contributed by atoms with Crippen molar-refractivity contribution >= 4 is 16.9 Å². The molecule has 0 aliphatic heterocycles. The second-order valence-corrected chi connectivity index (χ2v) is 7.42. The fraction of sp³-hybridized carbons (Fsp3) is 0.300. The molecule has 1 aromatic carbocycles. The number of benzene rings is 1. The van der Waals surface area contributed by atoms with Crippen molar-refractivity contribution in [1.82, 2.24) is 34.3 Å². The molecule has 3 aromatic heterocycles. The lowest BCUT2D eigenvalue weighted by Crippen LogP contribution is -2.18. The van der Waals surface area contributed by atoms with Crippen molar-refractivity contribution in [1.29, 1.82) is 0 Å². The Bertz CT molecular complexity index is 1270. The Hall–Kier alpha value is -3.62. The SMILES string of the molecule is Cc1nc(C)n(-c2cc(C3CC3c3nc4ccccc4n3C)nc(C(N)=O)n2)n1. The van der Waals surface area contributed by atoms with E-state index in [0.29, 0.717) is 17.5 Å². The lowest BCUT2D eigenvalue weighted by Gasteiger charge is -2.07. The second-order valence-electron chi connectivity index (χ2n) is 7.42. The molecule has 0 bridgehead atoms. The lowest BCUT2D eigenvalue weighted by atomic mass is 10.2. The van der Waals surface area contributed by atoms with Crippen molar-refractivity contribution in [2.75, 3.05) is 0 Å². The van der Waals surface area contributed by atoms with E-state index in [1.54, 1.807) is 4.68 Å². The lowest BCUT2D eigenvalue weighted by molar-refractivity contribution is 0.0990. The standard InChI is InChI=1S/C20H20N8O/c1-10-22-11(2)28(26-10)17-9-15(23-19(25-17)18(21)29)12-8-13(12)20-24-14-6-4-5-7-16(14)27(20)3/h4-7,9,12-13H,8H2,1-3H3,(H2,21,29). The van der Waals surface area contributed by atoms with Gasteiger partial charge in [-0.05, 0) is 32.4 Å². The molecule has 0 spiro atoms. The van der Waals surface area contributed by atoms with Crippen molar-refractivity contribution in [3.63, 3.8) is 0 Å². The van der Waals surface area contributed by atoms with Gasteiger partial charge in [0.25, 0.3) is 5.91 Å². The number of hydrogen-bond donors (Lipinski definition) is 1. The van der Waals surface area contributed by atoms with Gasteiger partial charge in [-0.2, -0.15) is 4.68 Å². The van der Waals surface area contributed by atoms with Gasteiger partial charge in [0.15, 0.2) is 5.82 Å². The smallest absolute Gasteiger partial charge is 0.286 e. The monoisotopic (exact) mass is 388 g/mol. The summed E-state index contributed by atoms with van der Waals surface area (Å²) in [6, 6.07) is 9.94. The van der Waals surface area contributed by atoms with Gasteiger partial charge in [-0.15, -0.1) is 5.10 Å². The Kier molecular flexibility index (Phi) is 3.73. The van der Waals surface area contributed by atoms with E-state index in [4.69, 9.17) is 10.7 Å². The van der Waals surface area contributed by atoms with Crippen LogP contribution >= 0.6 is 0 Å². The van der Waals surface area contributed by atoms with Crippen molar-refractivity contribution in [3.8, 4) is 5.82 Å². The molecule has 1 aliphatic carbocycles. The number of carbonyl (C=O) groups is 1. The Balaban J connectivity index is 1.55. The maximum absolute atomic E-state index is 11.8. The van der Waals surface area contributed by atoms with E-state index >= 15 is 0 Å². The van der Waals surface area contributed by atoms with Crippen LogP contribution in [0.25, 0.3) is 16.9 Å². The first-order valence-electron chi connectivity index (χ1n) is 9.43. The first-order chi connectivity index (χ1) is 13.9. The van der Waals surface area contributed by atoms with Crippen LogP contribution in [0.15, 0.2) is 30.3 Å². The number of primary amides is 1. The van der Waals surface area contributed by atoms with E-state index < -0.39 is 5.91 Å². The minimum atomic E-state index is -0.664. The molecule has 1 aliphatic rings. The van der Waals surface area contributed by atoms with Crippen LogP contribution in [0.2, 0.25) is 0 Å². The number of amides is 1. The van der Waals surface area contributed by atoms with E-state index in [2.05, 4.69) is 30.7 Å². The summed E-state index contributed by atoms with van der Waals surface area (Å²) in [5.41, 5.74) is 8.34. The van der Waals surface area contributed by atoms with Crippen LogP contribution in [0.1, 0.15) is 52.0 Å². The number of fused-ring (bicyclic) bond motifs is 1. The fourth-order valence-corrected chi connectivity index (χ4v) is 3.90. The quantitative estimate of drug-likeness (QED) is 0.571. The maximum Gasteiger partial charge on any atom is 0.286 e. The number of nitrogens with two attached hydrogens (primary N) is 1. The van der Waals surface area contributed by atoms with Crippen LogP contribution in [0.5, 0.6) is 0 Å². The second kappa shape index (κ2) is 6.20. The molecule has 1 saturated carbocycles. The zero-order chi connectivity index (χ0) is 20.3. The molecule has 1 amide bonds. The van der Waals surface area contributed by atoms with E-state index in [1.807, 2.05) is 45.2 Å². The highest BCUT2D eigenvalue weighted by molar-refractivity contribution is 5.89. The summed E-state index contributed by atoms with van der Waals surface area (Å²) < 4.78 is 3.74. The predicted molar refractivity (Wildman–Crippen MR) is 106 cm³/mol. The van der Waals surface area contributed by atoms with Crippen LogP contribution in [0, 0.1) is 13.8 Å². The molecule has 2 N–H and O–H groups in total. The van der Waals surface area contributed by atoms with Crippen LogP contribution in [0.4, 0.5) is 0 Å². The Morgan fingerprint density at radius 3 is 2.59 bits per heavy atom. The molecule has 9 nitrogen and oxygen atoms in total. The zero-order valence-corrected chi connectivity index (χ0v) is 16.4.